The minimum atomic E-state index is -1.36. The summed E-state index contributed by atoms with van der Waals surface area (Å²) in [5.41, 5.74) is 7.35. The number of methoxy groups -OCH3 is 1. The fraction of sp³-hybridized carbons (Fsp3) is 0.391. The van der Waals surface area contributed by atoms with Crippen molar-refractivity contribution in [3.63, 3.8) is 0 Å². The summed E-state index contributed by atoms with van der Waals surface area (Å²) >= 11 is 0. The van der Waals surface area contributed by atoms with Crippen LogP contribution in [0.15, 0.2) is 42.5 Å². The van der Waals surface area contributed by atoms with Crippen LogP contribution in [-0.2, 0) is 5.67 Å². The van der Waals surface area contributed by atoms with Crippen LogP contribution in [-0.4, -0.2) is 30.2 Å². The van der Waals surface area contributed by atoms with Crippen LogP contribution in [0.1, 0.15) is 43.0 Å². The third kappa shape index (κ3) is 3.26. The first-order chi connectivity index (χ1) is 14.1. The standard InChI is InChI=1S/C23H25FN4O/c1-29-20-5-3-2-4-17(20)15-8-12-28(13-9-15)21-18-14-16(25)6-7-19(18)26-22(27-21)23(24)10-11-23/h2-7,14-15H,8-13,25H2,1H3. The lowest BCUT2D eigenvalue weighted by Gasteiger charge is -2.34. The van der Waals surface area contributed by atoms with Gasteiger partial charge in [0.15, 0.2) is 11.5 Å². The average Bonchev–Trinajstić information content (AvgIpc) is 3.51. The SMILES string of the molecule is COc1ccccc1C1CCN(c2nc(C3(F)CC3)nc3ccc(N)cc23)CC1. The van der Waals surface area contributed by atoms with Crippen LogP contribution < -0.4 is 15.4 Å². The minimum absolute atomic E-state index is 0.316. The molecule has 3 aromatic rings. The summed E-state index contributed by atoms with van der Waals surface area (Å²) in [6.45, 7) is 1.70. The van der Waals surface area contributed by atoms with E-state index in [2.05, 4.69) is 22.0 Å². The van der Waals surface area contributed by atoms with Crippen molar-refractivity contribution in [2.75, 3.05) is 30.8 Å². The van der Waals surface area contributed by atoms with E-state index in [1.807, 2.05) is 30.3 Å². The molecule has 0 amide bonds. The van der Waals surface area contributed by atoms with E-state index in [9.17, 15) is 4.39 Å². The summed E-state index contributed by atoms with van der Waals surface area (Å²) in [5.74, 6) is 2.51. The Hall–Kier alpha value is -2.89. The molecule has 5 nitrogen and oxygen atoms in total. The van der Waals surface area contributed by atoms with Gasteiger partial charge in [0.2, 0.25) is 0 Å². The molecule has 2 heterocycles. The Morgan fingerprint density at radius 3 is 2.59 bits per heavy atom. The van der Waals surface area contributed by atoms with Crippen LogP contribution in [0.3, 0.4) is 0 Å². The number of hydrogen-bond donors (Lipinski definition) is 1. The maximum absolute atomic E-state index is 14.8. The van der Waals surface area contributed by atoms with E-state index in [4.69, 9.17) is 15.5 Å². The minimum Gasteiger partial charge on any atom is -0.496 e. The molecule has 1 aliphatic heterocycles. The lowest BCUT2D eigenvalue weighted by atomic mass is 9.88. The second-order valence-corrected chi connectivity index (χ2v) is 8.12. The first-order valence-corrected chi connectivity index (χ1v) is 10.2. The number of para-hydroxylation sites is 1. The number of piperidine rings is 1. The Morgan fingerprint density at radius 2 is 1.86 bits per heavy atom. The smallest absolute Gasteiger partial charge is 0.170 e. The van der Waals surface area contributed by atoms with Gasteiger partial charge in [0.25, 0.3) is 0 Å². The van der Waals surface area contributed by atoms with Crippen molar-refractivity contribution in [3.8, 4) is 5.75 Å². The van der Waals surface area contributed by atoms with Gasteiger partial charge in [-0.05, 0) is 61.4 Å². The summed E-state index contributed by atoms with van der Waals surface area (Å²) in [4.78, 5) is 11.5. The number of fused-ring (bicyclic) bond motifs is 1. The van der Waals surface area contributed by atoms with E-state index in [1.54, 1.807) is 7.11 Å². The first kappa shape index (κ1) is 18.2. The topological polar surface area (TPSA) is 64.3 Å². The van der Waals surface area contributed by atoms with E-state index in [0.29, 0.717) is 30.3 Å². The number of anilines is 2. The molecule has 1 aliphatic carbocycles. The quantitative estimate of drug-likeness (QED) is 0.659. The number of rotatable bonds is 4. The molecule has 0 bridgehead atoms. The predicted molar refractivity (Wildman–Crippen MR) is 113 cm³/mol. The normalized spacial score (nSPS) is 18.8. The Balaban J connectivity index is 1.46. The van der Waals surface area contributed by atoms with Gasteiger partial charge in [-0.15, -0.1) is 0 Å². The van der Waals surface area contributed by atoms with Gasteiger partial charge in [0.1, 0.15) is 11.6 Å². The van der Waals surface area contributed by atoms with Gasteiger partial charge in [-0.2, -0.15) is 0 Å². The van der Waals surface area contributed by atoms with Crippen molar-refractivity contribution < 1.29 is 9.13 Å². The summed E-state index contributed by atoms with van der Waals surface area (Å²) < 4.78 is 20.3. The molecule has 2 fully saturated rings. The van der Waals surface area contributed by atoms with Crippen LogP contribution in [0.4, 0.5) is 15.9 Å². The predicted octanol–water partition coefficient (Wildman–Crippen LogP) is 4.56. The number of nitrogen functional groups attached to an aromatic ring is 1. The molecule has 2 aliphatic rings. The van der Waals surface area contributed by atoms with Gasteiger partial charge in [0.05, 0.1) is 12.6 Å². The van der Waals surface area contributed by atoms with E-state index in [1.165, 1.54) is 5.56 Å². The number of halogens is 1. The second kappa shape index (κ2) is 6.87. The van der Waals surface area contributed by atoms with Crippen LogP contribution in [0.2, 0.25) is 0 Å². The molecule has 0 atom stereocenters. The maximum Gasteiger partial charge on any atom is 0.170 e. The largest absolute Gasteiger partial charge is 0.496 e. The third-order valence-corrected chi connectivity index (χ3v) is 6.16. The van der Waals surface area contributed by atoms with Gasteiger partial charge in [-0.1, -0.05) is 18.2 Å². The summed E-state index contributed by atoms with van der Waals surface area (Å²) in [6, 6.07) is 13.8. The molecular formula is C23H25FN4O. The van der Waals surface area contributed by atoms with Gasteiger partial charge >= 0.3 is 0 Å². The van der Waals surface area contributed by atoms with Gasteiger partial charge in [-0.25, -0.2) is 14.4 Å². The number of nitrogens with two attached hydrogens (primary N) is 1. The Labute approximate surface area is 169 Å². The number of nitrogens with zero attached hydrogens (tertiary/aromatic N) is 3. The van der Waals surface area contributed by atoms with Crippen LogP contribution in [0.5, 0.6) is 5.75 Å². The summed E-state index contributed by atoms with van der Waals surface area (Å²) in [6.07, 6.45) is 2.99. The number of benzene rings is 2. The van der Waals surface area contributed by atoms with Crippen molar-refractivity contribution in [2.45, 2.75) is 37.3 Å². The van der Waals surface area contributed by atoms with Crippen molar-refractivity contribution in [1.82, 2.24) is 9.97 Å². The van der Waals surface area contributed by atoms with Gasteiger partial charge in [0, 0.05) is 24.2 Å². The zero-order valence-corrected chi connectivity index (χ0v) is 16.6. The fourth-order valence-corrected chi connectivity index (χ4v) is 4.31. The third-order valence-electron chi connectivity index (χ3n) is 6.16. The molecule has 0 radical (unpaired) electrons. The molecule has 6 heteroatoms. The molecular weight excluding hydrogens is 367 g/mol. The van der Waals surface area contributed by atoms with Crippen molar-refractivity contribution in [1.29, 1.82) is 0 Å². The molecule has 2 N–H and O–H groups in total. The molecule has 0 spiro atoms. The number of ether oxygens (including phenoxy) is 1. The summed E-state index contributed by atoms with van der Waals surface area (Å²) in [7, 11) is 1.72. The van der Waals surface area contributed by atoms with Crippen LogP contribution >= 0.6 is 0 Å². The van der Waals surface area contributed by atoms with E-state index >= 15 is 0 Å². The fourth-order valence-electron chi connectivity index (χ4n) is 4.31. The van der Waals surface area contributed by atoms with Gasteiger partial charge < -0.3 is 15.4 Å². The number of aromatic nitrogens is 2. The van der Waals surface area contributed by atoms with Crippen LogP contribution in [0.25, 0.3) is 10.9 Å². The van der Waals surface area contributed by atoms with Crippen molar-refractivity contribution >= 4 is 22.4 Å². The molecule has 0 unspecified atom stereocenters. The molecule has 1 saturated heterocycles. The maximum atomic E-state index is 14.8. The highest BCUT2D eigenvalue weighted by atomic mass is 19.1. The van der Waals surface area contributed by atoms with Crippen molar-refractivity contribution in [2.24, 2.45) is 0 Å². The Kier molecular flexibility index (Phi) is 4.30. The lowest BCUT2D eigenvalue weighted by molar-refractivity contribution is 0.301. The van der Waals surface area contributed by atoms with E-state index < -0.39 is 5.67 Å². The Morgan fingerprint density at radius 1 is 1.10 bits per heavy atom. The Bertz CT molecular complexity index is 1060. The number of alkyl halides is 1. The molecule has 5 rings (SSSR count). The number of hydrogen-bond acceptors (Lipinski definition) is 5. The zero-order chi connectivity index (χ0) is 20.0. The monoisotopic (exact) mass is 392 g/mol. The van der Waals surface area contributed by atoms with Crippen molar-refractivity contribution in [3.05, 3.63) is 53.9 Å². The highest BCUT2D eigenvalue weighted by Gasteiger charge is 2.48. The highest BCUT2D eigenvalue weighted by Crippen LogP contribution is 2.49. The van der Waals surface area contributed by atoms with E-state index in [0.717, 1.165) is 48.4 Å². The molecule has 1 saturated carbocycles. The van der Waals surface area contributed by atoms with Gasteiger partial charge in [-0.3, -0.25) is 0 Å². The first-order valence-electron chi connectivity index (χ1n) is 10.2. The average molecular weight is 392 g/mol. The molecule has 150 valence electrons. The summed E-state index contributed by atoms with van der Waals surface area (Å²) in [5, 5.41) is 0.897. The molecule has 1 aromatic heterocycles. The lowest BCUT2D eigenvalue weighted by Crippen LogP contribution is -2.34. The van der Waals surface area contributed by atoms with E-state index in [-0.39, 0.29) is 0 Å². The highest BCUT2D eigenvalue weighted by molar-refractivity contribution is 5.92. The zero-order valence-electron chi connectivity index (χ0n) is 16.6. The molecule has 29 heavy (non-hydrogen) atoms. The molecule has 2 aromatic carbocycles. The second-order valence-electron chi connectivity index (χ2n) is 8.12. The van der Waals surface area contributed by atoms with Crippen LogP contribution in [0, 0.1) is 0 Å².